The van der Waals surface area contributed by atoms with E-state index < -0.39 is 5.91 Å². The molecule has 0 atom stereocenters. The third-order valence-corrected chi connectivity index (χ3v) is 10.1. The van der Waals surface area contributed by atoms with Gasteiger partial charge < -0.3 is 24.9 Å². The minimum Gasteiger partial charge on any atom is -0.379 e. The van der Waals surface area contributed by atoms with Crippen molar-refractivity contribution >= 4 is 57.6 Å². The van der Waals surface area contributed by atoms with Crippen LogP contribution >= 0.6 is 0 Å². The molecule has 5 heterocycles. The van der Waals surface area contributed by atoms with Gasteiger partial charge in [0.1, 0.15) is 11.4 Å². The molecule has 18 heteroatoms. The van der Waals surface area contributed by atoms with Crippen molar-refractivity contribution < 1.29 is 23.9 Å². The summed E-state index contributed by atoms with van der Waals surface area (Å²) >= 11 is 0. The highest BCUT2D eigenvalue weighted by Gasteiger charge is 2.21. The number of carbonyl (C=O) groups excluding carboxylic acids is 4. The van der Waals surface area contributed by atoms with Crippen molar-refractivity contribution in [3.05, 3.63) is 94.6 Å². The van der Waals surface area contributed by atoms with Crippen LogP contribution in [0, 0.1) is 13.8 Å². The summed E-state index contributed by atoms with van der Waals surface area (Å²) in [4.78, 5) is 64.1. The predicted octanol–water partition coefficient (Wildman–Crippen LogP) is 3.75. The third-order valence-electron chi connectivity index (χ3n) is 10.1. The molecule has 2 aromatic carbocycles. The summed E-state index contributed by atoms with van der Waals surface area (Å²) in [5, 5.41) is 17.7. The second-order valence-electron chi connectivity index (χ2n) is 14.3. The summed E-state index contributed by atoms with van der Waals surface area (Å²) < 4.78 is 12.4. The first-order valence-electron chi connectivity index (χ1n) is 19.8. The minimum atomic E-state index is -0.591. The van der Waals surface area contributed by atoms with Gasteiger partial charge in [-0.05, 0) is 89.2 Å². The number of hydrogen-bond acceptors (Lipinski definition) is 10. The molecule has 4 aromatic heterocycles. The van der Waals surface area contributed by atoms with Crippen molar-refractivity contribution in [1.29, 1.82) is 0 Å². The Kier molecular flexibility index (Phi) is 12.3. The maximum atomic E-state index is 13.6. The molecule has 1 aliphatic heterocycles. The summed E-state index contributed by atoms with van der Waals surface area (Å²) in [5.74, 6) is -0.980. The number of aromatic nitrogens is 8. The molecule has 59 heavy (non-hydrogen) atoms. The fourth-order valence-electron chi connectivity index (χ4n) is 7.18. The quantitative estimate of drug-likeness (QED) is 0.0822. The molecule has 0 bridgehead atoms. The van der Waals surface area contributed by atoms with Crippen LogP contribution in [-0.4, -0.2) is 107 Å². The average molecular weight is 804 g/mol. The summed E-state index contributed by atoms with van der Waals surface area (Å²) in [6.07, 6.45) is 4.64. The number of rotatable bonds is 16. The van der Waals surface area contributed by atoms with Crippen LogP contribution in [0.4, 0.5) is 11.9 Å². The van der Waals surface area contributed by atoms with Gasteiger partial charge in [0.2, 0.25) is 17.8 Å². The Morgan fingerprint density at radius 2 is 1.24 bits per heavy atom. The van der Waals surface area contributed by atoms with Crippen LogP contribution in [0.5, 0.6) is 0 Å². The van der Waals surface area contributed by atoms with Crippen molar-refractivity contribution in [2.45, 2.75) is 60.3 Å². The first kappa shape index (κ1) is 40.5. The lowest BCUT2D eigenvalue weighted by molar-refractivity contribution is 0.0374. The van der Waals surface area contributed by atoms with Gasteiger partial charge in [-0.15, -0.1) is 0 Å². The van der Waals surface area contributed by atoms with Gasteiger partial charge in [-0.3, -0.25) is 44.1 Å². The highest BCUT2D eigenvalue weighted by atomic mass is 16.5. The molecule has 0 aliphatic carbocycles. The van der Waals surface area contributed by atoms with Crippen molar-refractivity contribution in [3.63, 3.8) is 0 Å². The van der Waals surface area contributed by atoms with Gasteiger partial charge in [-0.2, -0.15) is 10.2 Å². The van der Waals surface area contributed by atoms with E-state index in [1.165, 1.54) is 0 Å². The molecule has 1 aliphatic rings. The summed E-state index contributed by atoms with van der Waals surface area (Å²) in [5.41, 5.74) is 10.9. The van der Waals surface area contributed by atoms with Gasteiger partial charge in [0.25, 0.3) is 17.7 Å². The molecule has 7 rings (SSSR count). The van der Waals surface area contributed by atoms with E-state index in [1.54, 1.807) is 51.8 Å². The Morgan fingerprint density at radius 3 is 1.75 bits per heavy atom. The van der Waals surface area contributed by atoms with E-state index in [2.05, 4.69) is 36.0 Å². The fourth-order valence-corrected chi connectivity index (χ4v) is 7.18. The Morgan fingerprint density at radius 1 is 0.729 bits per heavy atom. The zero-order valence-electron chi connectivity index (χ0n) is 33.7. The van der Waals surface area contributed by atoms with E-state index in [-0.39, 0.29) is 30.2 Å². The molecule has 18 nitrogen and oxygen atoms in total. The lowest BCUT2D eigenvalue weighted by Crippen LogP contribution is -2.38. The van der Waals surface area contributed by atoms with E-state index in [1.807, 2.05) is 55.0 Å². The van der Waals surface area contributed by atoms with Crippen LogP contribution in [0.2, 0.25) is 0 Å². The number of amides is 4. The number of allylic oxidation sites excluding steroid dienone is 2. The molecule has 1 fully saturated rings. The molecule has 4 amide bonds. The molecular formula is C41H49N13O5. The molecule has 308 valence electrons. The number of morpholine rings is 1. The average Bonchev–Trinajstić information content (AvgIpc) is 3.99. The van der Waals surface area contributed by atoms with Crippen molar-refractivity contribution in [3.8, 4) is 0 Å². The molecule has 0 unspecified atom stereocenters. The number of fused-ring (bicyclic) bond motifs is 2. The fraction of sp³-hybridized carbons (Fsp3) is 0.366. The number of benzene rings is 2. The van der Waals surface area contributed by atoms with Gasteiger partial charge in [0, 0.05) is 56.9 Å². The maximum Gasteiger partial charge on any atom is 0.276 e. The number of nitrogens with one attached hydrogen (secondary N) is 3. The molecule has 1 saturated heterocycles. The van der Waals surface area contributed by atoms with Crippen molar-refractivity contribution in [2.75, 3.05) is 50.0 Å². The van der Waals surface area contributed by atoms with Crippen LogP contribution in [0.1, 0.15) is 73.3 Å². The van der Waals surface area contributed by atoms with Crippen LogP contribution in [0.3, 0.4) is 0 Å². The summed E-state index contributed by atoms with van der Waals surface area (Å²) in [7, 11) is 0. The Balaban J connectivity index is 1.14. The third kappa shape index (κ3) is 9.08. The number of carbonyl (C=O) groups is 4. The van der Waals surface area contributed by atoms with Gasteiger partial charge in [0.15, 0.2) is 0 Å². The van der Waals surface area contributed by atoms with E-state index in [0.29, 0.717) is 88.1 Å². The van der Waals surface area contributed by atoms with Crippen molar-refractivity contribution in [1.82, 2.24) is 48.9 Å². The monoisotopic (exact) mass is 803 g/mol. The van der Waals surface area contributed by atoms with E-state index in [9.17, 15) is 19.2 Å². The van der Waals surface area contributed by atoms with Crippen LogP contribution in [-0.2, 0) is 30.9 Å². The number of primary amides is 1. The van der Waals surface area contributed by atoms with Gasteiger partial charge in [-0.1, -0.05) is 12.2 Å². The summed E-state index contributed by atoms with van der Waals surface area (Å²) in [6.45, 7) is 13.7. The van der Waals surface area contributed by atoms with E-state index >= 15 is 0 Å². The Labute approximate surface area is 340 Å². The number of ether oxygens (including phenoxy) is 1. The molecule has 6 aromatic rings. The number of nitrogens with two attached hydrogens (primary N) is 1. The van der Waals surface area contributed by atoms with Gasteiger partial charge in [0.05, 0.1) is 46.7 Å². The first-order valence-corrected chi connectivity index (χ1v) is 19.8. The summed E-state index contributed by atoms with van der Waals surface area (Å²) in [6, 6.07) is 13.7. The Hall–Kier alpha value is -6.66. The minimum absolute atomic E-state index is 0.205. The molecule has 0 radical (unpaired) electrons. The topological polar surface area (TPSA) is 214 Å². The van der Waals surface area contributed by atoms with E-state index in [0.717, 1.165) is 39.3 Å². The van der Waals surface area contributed by atoms with Gasteiger partial charge in [-0.25, -0.2) is 9.97 Å². The zero-order valence-corrected chi connectivity index (χ0v) is 33.7. The lowest BCUT2D eigenvalue weighted by atomic mass is 10.2. The first-order chi connectivity index (χ1) is 28.5. The molecule has 5 N–H and O–H groups in total. The number of anilines is 2. The number of hydrogen-bond donors (Lipinski definition) is 4. The highest BCUT2D eigenvalue weighted by molar-refractivity contribution is 6.04. The van der Waals surface area contributed by atoms with Crippen LogP contribution in [0.25, 0.3) is 22.1 Å². The zero-order chi connectivity index (χ0) is 41.6. The SMILES string of the molecule is CCn1nc(C)cc1C(=O)Nc1nc2cc(C(N)=O)ccc2n1C/C=C/Cn1c(NC(=O)c2cc(C)nn2CC)nc2cc(C(=O)NCCCN3CCOCC3)ccc21. The number of nitrogens with zero attached hydrogens (tertiary/aromatic N) is 9. The maximum absolute atomic E-state index is 13.6. The molecule has 0 saturated carbocycles. The molecule has 0 spiro atoms. The predicted molar refractivity (Wildman–Crippen MR) is 223 cm³/mol. The van der Waals surface area contributed by atoms with E-state index in [4.69, 9.17) is 15.5 Å². The lowest BCUT2D eigenvalue weighted by Gasteiger charge is -2.26. The second kappa shape index (κ2) is 17.9. The Bertz CT molecular complexity index is 2550. The highest BCUT2D eigenvalue weighted by Crippen LogP contribution is 2.25. The standard InChI is InChI=1S/C41H49N13O5/c1-5-53-34(22-26(3)48-53)38(57)46-40-44-30-24-28(36(42)55)10-12-32(30)51(40)16-7-8-17-52-33-13-11-29(37(56)43-14-9-15-50-18-20-59-21-19-50)25-31(33)45-41(52)47-39(58)35-23-27(4)49-54(35)6-2/h7-8,10-13,22-25H,5-6,9,14-21H2,1-4H3,(H2,42,55)(H,43,56)(H,44,46,57)(H,45,47,58)/b8-7+. The molecular weight excluding hydrogens is 755 g/mol. The largest absolute Gasteiger partial charge is 0.379 e. The number of aryl methyl sites for hydroxylation is 4. The number of imidazole rings is 2. The second-order valence-corrected chi connectivity index (χ2v) is 14.3. The van der Waals surface area contributed by atoms with Crippen molar-refractivity contribution in [2.24, 2.45) is 5.73 Å². The van der Waals surface area contributed by atoms with Crippen LogP contribution < -0.4 is 21.7 Å². The van der Waals surface area contributed by atoms with Gasteiger partial charge >= 0.3 is 0 Å². The normalized spacial score (nSPS) is 13.4. The van der Waals surface area contributed by atoms with Crippen LogP contribution in [0.15, 0.2) is 60.7 Å². The smallest absolute Gasteiger partial charge is 0.276 e.